The van der Waals surface area contributed by atoms with Crippen LogP contribution in [-0.4, -0.2) is 22.8 Å². The third kappa shape index (κ3) is 3.64. The van der Waals surface area contributed by atoms with Crippen molar-refractivity contribution in [3.05, 3.63) is 27.4 Å². The largest absolute Gasteiger partial charge is 0.382 e. The first kappa shape index (κ1) is 12.2. The molecule has 0 unspecified atom stereocenters. The average Bonchev–Trinajstić information content (AvgIpc) is 2.15. The molecule has 1 heterocycles. The van der Waals surface area contributed by atoms with E-state index in [1.54, 1.807) is 11.5 Å². The summed E-state index contributed by atoms with van der Waals surface area (Å²) >= 11 is 5.66. The van der Waals surface area contributed by atoms with Crippen LogP contribution >= 0.6 is 11.6 Å². The Morgan fingerprint density at radius 3 is 2.93 bits per heavy atom. The standard InChI is InChI=1S/C10H15ClN2O2/c1-3-15-6-4-5-13-8(2)12-9(11)7-10(13)14/h7H,3-6H2,1-2H3. The normalized spacial score (nSPS) is 10.6. The molecule has 0 saturated heterocycles. The first-order valence-corrected chi connectivity index (χ1v) is 5.34. The number of ether oxygens (including phenoxy) is 1. The summed E-state index contributed by atoms with van der Waals surface area (Å²) in [6.07, 6.45) is 0.803. The van der Waals surface area contributed by atoms with Gasteiger partial charge in [0.1, 0.15) is 11.0 Å². The SMILES string of the molecule is CCOCCCn1c(C)nc(Cl)cc1=O. The molecule has 0 bridgehead atoms. The van der Waals surface area contributed by atoms with Crippen molar-refractivity contribution in [3.63, 3.8) is 0 Å². The summed E-state index contributed by atoms with van der Waals surface area (Å²) in [6.45, 7) is 5.70. The van der Waals surface area contributed by atoms with Gasteiger partial charge in [0.2, 0.25) is 0 Å². The van der Waals surface area contributed by atoms with Crippen molar-refractivity contribution in [1.29, 1.82) is 0 Å². The highest BCUT2D eigenvalue weighted by Gasteiger charge is 2.02. The van der Waals surface area contributed by atoms with Gasteiger partial charge in [0.15, 0.2) is 0 Å². The van der Waals surface area contributed by atoms with Crippen molar-refractivity contribution < 1.29 is 4.74 Å². The minimum absolute atomic E-state index is 0.107. The molecule has 4 nitrogen and oxygen atoms in total. The van der Waals surface area contributed by atoms with Crippen LogP contribution in [0.5, 0.6) is 0 Å². The lowest BCUT2D eigenvalue weighted by Gasteiger charge is -2.08. The van der Waals surface area contributed by atoms with Crippen molar-refractivity contribution >= 4 is 11.6 Å². The molecule has 15 heavy (non-hydrogen) atoms. The van der Waals surface area contributed by atoms with Crippen molar-refractivity contribution in [2.45, 2.75) is 26.8 Å². The molecule has 0 atom stereocenters. The van der Waals surface area contributed by atoms with Gasteiger partial charge in [-0.3, -0.25) is 9.36 Å². The highest BCUT2D eigenvalue weighted by Crippen LogP contribution is 2.01. The fourth-order valence-electron chi connectivity index (χ4n) is 1.33. The number of hydrogen-bond donors (Lipinski definition) is 0. The van der Waals surface area contributed by atoms with E-state index in [1.807, 2.05) is 6.92 Å². The van der Waals surface area contributed by atoms with E-state index in [0.29, 0.717) is 25.6 Å². The third-order valence-electron chi connectivity index (χ3n) is 2.04. The lowest BCUT2D eigenvalue weighted by atomic mass is 10.4. The summed E-state index contributed by atoms with van der Waals surface area (Å²) in [5.41, 5.74) is -0.107. The molecular formula is C10H15ClN2O2. The van der Waals surface area contributed by atoms with Crippen molar-refractivity contribution in [2.24, 2.45) is 0 Å². The summed E-state index contributed by atoms with van der Waals surface area (Å²) in [5.74, 6) is 0.643. The van der Waals surface area contributed by atoms with E-state index in [9.17, 15) is 4.79 Å². The molecule has 0 fully saturated rings. The second kappa shape index (κ2) is 5.88. The van der Waals surface area contributed by atoms with Crippen LogP contribution in [0.3, 0.4) is 0 Å². The summed E-state index contributed by atoms with van der Waals surface area (Å²) in [5, 5.41) is 0.249. The molecule has 0 aromatic carbocycles. The molecule has 0 saturated carbocycles. The Bertz CT molecular complexity index is 376. The minimum Gasteiger partial charge on any atom is -0.382 e. The summed E-state index contributed by atoms with van der Waals surface area (Å²) in [4.78, 5) is 15.5. The molecule has 0 amide bonds. The zero-order valence-corrected chi connectivity index (χ0v) is 9.75. The molecule has 0 N–H and O–H groups in total. The van der Waals surface area contributed by atoms with Gasteiger partial charge in [-0.1, -0.05) is 11.6 Å². The maximum Gasteiger partial charge on any atom is 0.254 e. The fourth-order valence-corrected chi connectivity index (χ4v) is 1.54. The van der Waals surface area contributed by atoms with Crippen LogP contribution < -0.4 is 5.56 Å². The van der Waals surface area contributed by atoms with E-state index in [2.05, 4.69) is 4.98 Å². The first-order chi connectivity index (χ1) is 7.15. The average molecular weight is 231 g/mol. The van der Waals surface area contributed by atoms with Gasteiger partial charge >= 0.3 is 0 Å². The van der Waals surface area contributed by atoms with Crippen molar-refractivity contribution in [3.8, 4) is 0 Å². The Morgan fingerprint density at radius 2 is 2.33 bits per heavy atom. The van der Waals surface area contributed by atoms with Gasteiger partial charge in [-0.15, -0.1) is 0 Å². The zero-order chi connectivity index (χ0) is 11.3. The Hall–Kier alpha value is -0.870. The van der Waals surface area contributed by atoms with E-state index in [4.69, 9.17) is 16.3 Å². The Morgan fingerprint density at radius 1 is 1.60 bits per heavy atom. The smallest absolute Gasteiger partial charge is 0.254 e. The number of hydrogen-bond acceptors (Lipinski definition) is 3. The third-order valence-corrected chi connectivity index (χ3v) is 2.24. The molecule has 1 aromatic heterocycles. The zero-order valence-electron chi connectivity index (χ0n) is 8.99. The van der Waals surface area contributed by atoms with Crippen LogP contribution in [0, 0.1) is 6.92 Å². The van der Waals surface area contributed by atoms with Crippen molar-refractivity contribution in [1.82, 2.24) is 9.55 Å². The topological polar surface area (TPSA) is 44.1 Å². The fraction of sp³-hybridized carbons (Fsp3) is 0.600. The maximum absolute atomic E-state index is 11.5. The highest BCUT2D eigenvalue weighted by atomic mass is 35.5. The highest BCUT2D eigenvalue weighted by molar-refractivity contribution is 6.29. The molecule has 0 spiro atoms. The van der Waals surface area contributed by atoms with E-state index >= 15 is 0 Å². The molecule has 0 aliphatic heterocycles. The predicted molar refractivity (Wildman–Crippen MR) is 59.4 cm³/mol. The second-order valence-electron chi connectivity index (χ2n) is 3.17. The van der Waals surface area contributed by atoms with Gasteiger partial charge in [0, 0.05) is 25.8 Å². The van der Waals surface area contributed by atoms with Gasteiger partial charge in [-0.25, -0.2) is 4.98 Å². The minimum atomic E-state index is -0.107. The van der Waals surface area contributed by atoms with Crippen LogP contribution in [0.4, 0.5) is 0 Å². The first-order valence-electron chi connectivity index (χ1n) is 4.97. The number of aryl methyl sites for hydroxylation is 1. The van der Waals surface area contributed by atoms with E-state index in [1.165, 1.54) is 6.07 Å². The van der Waals surface area contributed by atoms with Crippen LogP contribution in [0.2, 0.25) is 5.15 Å². The summed E-state index contributed by atoms with van der Waals surface area (Å²) < 4.78 is 6.80. The molecule has 1 rings (SSSR count). The van der Waals surface area contributed by atoms with E-state index in [0.717, 1.165) is 6.42 Å². The van der Waals surface area contributed by atoms with Gasteiger partial charge in [-0.2, -0.15) is 0 Å². The number of nitrogens with zero attached hydrogens (tertiary/aromatic N) is 2. The molecule has 1 aromatic rings. The molecule has 0 aliphatic rings. The lowest BCUT2D eigenvalue weighted by molar-refractivity contribution is 0.141. The molecule has 84 valence electrons. The maximum atomic E-state index is 11.5. The Labute approximate surface area is 93.8 Å². The molecule has 0 aliphatic carbocycles. The molecule has 5 heteroatoms. The van der Waals surface area contributed by atoms with E-state index < -0.39 is 0 Å². The quantitative estimate of drug-likeness (QED) is 0.571. The van der Waals surface area contributed by atoms with Gasteiger partial charge in [0.05, 0.1) is 0 Å². The monoisotopic (exact) mass is 230 g/mol. The van der Waals surface area contributed by atoms with Gasteiger partial charge < -0.3 is 4.74 Å². The molecular weight excluding hydrogens is 216 g/mol. The second-order valence-corrected chi connectivity index (χ2v) is 3.55. The Balaban J connectivity index is 2.65. The Kier molecular flexibility index (Phi) is 4.78. The van der Waals surface area contributed by atoms with Crippen LogP contribution in [0.25, 0.3) is 0 Å². The van der Waals surface area contributed by atoms with Crippen LogP contribution in [-0.2, 0) is 11.3 Å². The lowest BCUT2D eigenvalue weighted by Crippen LogP contribution is -2.23. The van der Waals surface area contributed by atoms with Crippen molar-refractivity contribution in [2.75, 3.05) is 13.2 Å². The number of halogens is 1. The number of rotatable bonds is 5. The summed E-state index contributed by atoms with van der Waals surface area (Å²) in [7, 11) is 0. The van der Waals surface area contributed by atoms with Crippen LogP contribution in [0.1, 0.15) is 19.2 Å². The number of aromatic nitrogens is 2. The summed E-state index contributed by atoms with van der Waals surface area (Å²) in [6, 6.07) is 1.33. The van der Waals surface area contributed by atoms with Gasteiger partial charge in [0.25, 0.3) is 5.56 Å². The van der Waals surface area contributed by atoms with Gasteiger partial charge in [-0.05, 0) is 20.3 Å². The van der Waals surface area contributed by atoms with E-state index in [-0.39, 0.29) is 10.7 Å². The predicted octanol–water partition coefficient (Wildman–Crippen LogP) is 1.63. The van der Waals surface area contributed by atoms with Crippen LogP contribution in [0.15, 0.2) is 10.9 Å². The molecule has 0 radical (unpaired) electrons.